The number of halogens is 3. The molecule has 0 saturated heterocycles. The van der Waals surface area contributed by atoms with Crippen LogP contribution in [0.5, 0.6) is 0 Å². The first-order valence-corrected chi connectivity index (χ1v) is 3.97. The van der Waals surface area contributed by atoms with Crippen molar-refractivity contribution in [3.63, 3.8) is 0 Å². The summed E-state index contributed by atoms with van der Waals surface area (Å²) in [6.07, 6.45) is -2.93. The molecule has 0 aliphatic heterocycles. The molecule has 0 spiro atoms. The highest BCUT2D eigenvalue weighted by molar-refractivity contribution is 5.23. The Kier molecular flexibility index (Phi) is 2.96. The predicted molar refractivity (Wildman–Crippen MR) is 45.1 cm³/mol. The number of alkyl halides is 3. The fourth-order valence-corrected chi connectivity index (χ4v) is 0.947. The molecule has 0 saturated carbocycles. The van der Waals surface area contributed by atoms with Gasteiger partial charge >= 0.3 is 6.18 Å². The molecule has 1 unspecified atom stereocenters. The van der Waals surface area contributed by atoms with Crippen LogP contribution in [-0.4, -0.2) is 6.18 Å². The van der Waals surface area contributed by atoms with Gasteiger partial charge in [-0.3, -0.25) is 0 Å². The van der Waals surface area contributed by atoms with E-state index in [0.717, 1.165) is 6.92 Å². The quantitative estimate of drug-likeness (QED) is 0.665. The largest absolute Gasteiger partial charge is 0.392 e. The van der Waals surface area contributed by atoms with Crippen LogP contribution in [0.1, 0.15) is 12.5 Å². The van der Waals surface area contributed by atoms with Crippen molar-refractivity contribution in [1.82, 2.24) is 0 Å². The molecule has 1 rings (SSSR count). The van der Waals surface area contributed by atoms with Gasteiger partial charge in [0, 0.05) is 6.42 Å². The highest BCUT2D eigenvalue weighted by atomic mass is 19.4. The Labute approximate surface area is 75.4 Å². The molecule has 13 heavy (non-hydrogen) atoms. The van der Waals surface area contributed by atoms with E-state index in [0.29, 0.717) is 5.56 Å². The summed E-state index contributed by atoms with van der Waals surface area (Å²) in [4.78, 5) is 0. The standard InChI is InChI=1S/C10H10F3/c1-8(10(11,12)13)7-9-5-3-2-4-6-9/h2-8H,1H3. The van der Waals surface area contributed by atoms with Crippen LogP contribution in [0.2, 0.25) is 0 Å². The molecule has 1 aromatic carbocycles. The van der Waals surface area contributed by atoms with E-state index in [1.54, 1.807) is 30.3 Å². The highest BCUT2D eigenvalue weighted by Gasteiger charge is 2.35. The topological polar surface area (TPSA) is 0 Å². The van der Waals surface area contributed by atoms with Crippen molar-refractivity contribution in [2.24, 2.45) is 5.92 Å². The third-order valence-corrected chi connectivity index (χ3v) is 1.76. The maximum Gasteiger partial charge on any atom is 0.392 e. The zero-order chi connectivity index (χ0) is 9.90. The van der Waals surface area contributed by atoms with Gasteiger partial charge in [0.15, 0.2) is 0 Å². The van der Waals surface area contributed by atoms with E-state index >= 15 is 0 Å². The van der Waals surface area contributed by atoms with Crippen LogP contribution >= 0.6 is 0 Å². The monoisotopic (exact) mass is 187 g/mol. The summed E-state index contributed by atoms with van der Waals surface area (Å²) in [6, 6.07) is 8.52. The molecule has 0 N–H and O–H groups in total. The first kappa shape index (κ1) is 10.1. The second-order valence-corrected chi connectivity index (χ2v) is 2.91. The van der Waals surface area contributed by atoms with E-state index in [1.807, 2.05) is 0 Å². The number of benzene rings is 1. The van der Waals surface area contributed by atoms with Crippen LogP contribution in [0, 0.1) is 12.3 Å². The minimum Gasteiger partial charge on any atom is -0.171 e. The molecular weight excluding hydrogens is 177 g/mol. The van der Waals surface area contributed by atoms with Crippen LogP contribution in [0.15, 0.2) is 30.3 Å². The Morgan fingerprint density at radius 1 is 1.15 bits per heavy atom. The third-order valence-electron chi connectivity index (χ3n) is 1.76. The van der Waals surface area contributed by atoms with E-state index in [-0.39, 0.29) is 0 Å². The smallest absolute Gasteiger partial charge is 0.171 e. The van der Waals surface area contributed by atoms with Gasteiger partial charge in [0.05, 0.1) is 5.92 Å². The second kappa shape index (κ2) is 3.81. The molecule has 1 radical (unpaired) electrons. The fourth-order valence-electron chi connectivity index (χ4n) is 0.947. The number of hydrogen-bond acceptors (Lipinski definition) is 0. The van der Waals surface area contributed by atoms with Gasteiger partial charge < -0.3 is 0 Å². The van der Waals surface area contributed by atoms with E-state index in [2.05, 4.69) is 0 Å². The average Bonchev–Trinajstić information content (AvgIpc) is 2.04. The molecule has 1 aromatic rings. The number of rotatable bonds is 2. The van der Waals surface area contributed by atoms with Gasteiger partial charge in [0.25, 0.3) is 0 Å². The van der Waals surface area contributed by atoms with E-state index < -0.39 is 12.1 Å². The number of hydrogen-bond donors (Lipinski definition) is 0. The Balaban J connectivity index is 2.61. The van der Waals surface area contributed by atoms with E-state index in [4.69, 9.17) is 0 Å². The lowest BCUT2D eigenvalue weighted by atomic mass is 10.0. The van der Waals surface area contributed by atoms with Gasteiger partial charge in [-0.2, -0.15) is 13.2 Å². The van der Waals surface area contributed by atoms with Crippen molar-refractivity contribution in [3.05, 3.63) is 42.3 Å². The van der Waals surface area contributed by atoms with Crippen molar-refractivity contribution in [3.8, 4) is 0 Å². The van der Waals surface area contributed by atoms with Crippen LogP contribution in [0.3, 0.4) is 0 Å². The van der Waals surface area contributed by atoms with Crippen molar-refractivity contribution in [2.45, 2.75) is 13.1 Å². The minimum atomic E-state index is -4.14. The molecule has 0 bridgehead atoms. The Morgan fingerprint density at radius 3 is 2.15 bits per heavy atom. The Morgan fingerprint density at radius 2 is 1.69 bits per heavy atom. The van der Waals surface area contributed by atoms with Gasteiger partial charge in [0.2, 0.25) is 0 Å². The normalized spacial score (nSPS) is 14.2. The SMILES string of the molecule is CC([CH]c1ccccc1)C(F)(F)F. The summed E-state index contributed by atoms with van der Waals surface area (Å²) in [5.41, 5.74) is 0.604. The van der Waals surface area contributed by atoms with Gasteiger partial charge in [0.1, 0.15) is 0 Å². The van der Waals surface area contributed by atoms with E-state index in [1.165, 1.54) is 6.42 Å². The summed E-state index contributed by atoms with van der Waals surface area (Å²) in [7, 11) is 0. The van der Waals surface area contributed by atoms with Crippen molar-refractivity contribution in [2.75, 3.05) is 0 Å². The van der Waals surface area contributed by atoms with Gasteiger partial charge in [-0.05, 0) is 5.56 Å². The maximum absolute atomic E-state index is 12.1. The summed E-state index contributed by atoms with van der Waals surface area (Å²) < 4.78 is 36.3. The zero-order valence-electron chi connectivity index (χ0n) is 7.18. The molecule has 0 nitrogen and oxygen atoms in total. The predicted octanol–water partition coefficient (Wildman–Crippen LogP) is 3.44. The summed E-state index contributed by atoms with van der Waals surface area (Å²) in [5, 5.41) is 0. The molecule has 1 atom stereocenters. The molecule has 0 aliphatic rings. The maximum atomic E-state index is 12.1. The van der Waals surface area contributed by atoms with E-state index in [9.17, 15) is 13.2 Å². The molecule has 0 aliphatic carbocycles. The molecule has 3 heteroatoms. The molecule has 0 fully saturated rings. The Bertz CT molecular complexity index is 251. The first-order valence-electron chi connectivity index (χ1n) is 3.97. The van der Waals surface area contributed by atoms with Gasteiger partial charge in [-0.15, -0.1) is 0 Å². The second-order valence-electron chi connectivity index (χ2n) is 2.91. The molecule has 0 aromatic heterocycles. The summed E-state index contributed by atoms with van der Waals surface area (Å²) in [5.74, 6) is -1.39. The lowest BCUT2D eigenvalue weighted by Crippen LogP contribution is -2.20. The first-order chi connectivity index (χ1) is 6.00. The zero-order valence-corrected chi connectivity index (χ0v) is 7.18. The van der Waals surface area contributed by atoms with Crippen molar-refractivity contribution >= 4 is 0 Å². The molecule has 71 valence electrons. The van der Waals surface area contributed by atoms with Crippen LogP contribution in [0.25, 0.3) is 0 Å². The van der Waals surface area contributed by atoms with Crippen LogP contribution in [-0.2, 0) is 0 Å². The average molecular weight is 187 g/mol. The van der Waals surface area contributed by atoms with Gasteiger partial charge in [-0.25, -0.2) is 0 Å². The fraction of sp³-hybridized carbons (Fsp3) is 0.300. The van der Waals surface area contributed by atoms with Gasteiger partial charge in [-0.1, -0.05) is 37.3 Å². The summed E-state index contributed by atoms with van der Waals surface area (Å²) in [6.45, 7) is 1.15. The highest BCUT2D eigenvalue weighted by Crippen LogP contribution is 2.29. The summed E-state index contributed by atoms with van der Waals surface area (Å²) >= 11 is 0. The molecular formula is C10H10F3. The third kappa shape index (κ3) is 3.09. The van der Waals surface area contributed by atoms with Crippen LogP contribution < -0.4 is 0 Å². The Hall–Kier alpha value is -0.990. The lowest BCUT2D eigenvalue weighted by molar-refractivity contribution is -0.159. The molecule has 0 heterocycles. The van der Waals surface area contributed by atoms with Crippen molar-refractivity contribution < 1.29 is 13.2 Å². The van der Waals surface area contributed by atoms with Crippen molar-refractivity contribution in [1.29, 1.82) is 0 Å². The van der Waals surface area contributed by atoms with Crippen LogP contribution in [0.4, 0.5) is 13.2 Å². The molecule has 0 amide bonds. The lowest BCUT2D eigenvalue weighted by Gasteiger charge is -2.14. The minimum absolute atomic E-state index is 0.604.